The topological polar surface area (TPSA) is 62.5 Å². The number of piperidine rings is 1. The van der Waals surface area contributed by atoms with Crippen molar-refractivity contribution in [2.45, 2.75) is 40.0 Å². The SMILES string of the molecule is CCC1CCCN(C(=O)c2sc(N(CC)CC)nc2N)C1. The van der Waals surface area contributed by atoms with Crippen LogP contribution in [0.1, 0.15) is 49.7 Å². The Morgan fingerprint density at radius 1 is 1.43 bits per heavy atom. The van der Waals surface area contributed by atoms with Gasteiger partial charge in [0.1, 0.15) is 10.7 Å². The lowest BCUT2D eigenvalue weighted by Crippen LogP contribution is -2.39. The zero-order chi connectivity index (χ0) is 15.4. The number of thiazole rings is 1. The highest BCUT2D eigenvalue weighted by Gasteiger charge is 2.27. The van der Waals surface area contributed by atoms with Gasteiger partial charge in [-0.2, -0.15) is 0 Å². The van der Waals surface area contributed by atoms with Crippen LogP contribution in [-0.2, 0) is 0 Å². The van der Waals surface area contributed by atoms with E-state index in [-0.39, 0.29) is 5.91 Å². The van der Waals surface area contributed by atoms with Gasteiger partial charge in [-0.3, -0.25) is 4.79 Å². The van der Waals surface area contributed by atoms with E-state index >= 15 is 0 Å². The fourth-order valence-electron chi connectivity index (χ4n) is 2.83. The molecule has 1 atom stereocenters. The van der Waals surface area contributed by atoms with Gasteiger partial charge in [-0.25, -0.2) is 4.98 Å². The van der Waals surface area contributed by atoms with Gasteiger partial charge in [0.15, 0.2) is 5.13 Å². The molecular weight excluding hydrogens is 284 g/mol. The molecule has 2 N–H and O–H groups in total. The summed E-state index contributed by atoms with van der Waals surface area (Å²) < 4.78 is 0. The fraction of sp³-hybridized carbons (Fsp3) is 0.733. The first kappa shape index (κ1) is 16.1. The number of rotatable bonds is 5. The standard InChI is InChI=1S/C15H26N4OS/c1-4-11-8-7-9-19(10-11)14(20)12-13(16)17-15(21-12)18(5-2)6-3/h11H,4-10,16H2,1-3H3. The van der Waals surface area contributed by atoms with E-state index in [1.54, 1.807) is 0 Å². The van der Waals surface area contributed by atoms with Crippen LogP contribution >= 0.6 is 11.3 Å². The normalized spacial score (nSPS) is 18.8. The summed E-state index contributed by atoms with van der Waals surface area (Å²) in [5, 5.41) is 0.852. The molecule has 1 aromatic heterocycles. The van der Waals surface area contributed by atoms with E-state index < -0.39 is 0 Å². The molecule has 1 aliphatic rings. The van der Waals surface area contributed by atoms with Crippen LogP contribution in [0.4, 0.5) is 10.9 Å². The molecule has 1 aromatic rings. The molecule has 0 aliphatic carbocycles. The Kier molecular flexibility index (Phi) is 5.45. The fourth-order valence-corrected chi connectivity index (χ4v) is 3.91. The van der Waals surface area contributed by atoms with Crippen molar-refractivity contribution in [2.75, 3.05) is 36.8 Å². The monoisotopic (exact) mass is 310 g/mol. The smallest absolute Gasteiger partial charge is 0.267 e. The molecule has 1 amide bonds. The van der Waals surface area contributed by atoms with Crippen LogP contribution in [0.15, 0.2) is 0 Å². The number of likely N-dealkylation sites (tertiary alicyclic amines) is 1. The summed E-state index contributed by atoms with van der Waals surface area (Å²) >= 11 is 1.43. The van der Waals surface area contributed by atoms with Crippen molar-refractivity contribution >= 4 is 28.2 Å². The third kappa shape index (κ3) is 3.48. The van der Waals surface area contributed by atoms with Gasteiger partial charge in [-0.1, -0.05) is 24.7 Å². The van der Waals surface area contributed by atoms with Gasteiger partial charge < -0.3 is 15.5 Å². The predicted octanol–water partition coefficient (Wildman–Crippen LogP) is 2.83. The zero-order valence-electron chi connectivity index (χ0n) is 13.3. The van der Waals surface area contributed by atoms with E-state index in [9.17, 15) is 4.79 Å². The Balaban J connectivity index is 2.15. The van der Waals surface area contributed by atoms with E-state index in [4.69, 9.17) is 5.73 Å². The molecular formula is C15H26N4OS. The van der Waals surface area contributed by atoms with Crippen molar-refractivity contribution in [1.29, 1.82) is 0 Å². The van der Waals surface area contributed by atoms with E-state index in [1.807, 2.05) is 4.90 Å². The van der Waals surface area contributed by atoms with Gasteiger partial charge in [-0.05, 0) is 32.6 Å². The molecule has 1 unspecified atom stereocenters. The number of nitrogens with zero attached hydrogens (tertiary/aromatic N) is 3. The van der Waals surface area contributed by atoms with Crippen molar-refractivity contribution in [2.24, 2.45) is 5.92 Å². The maximum Gasteiger partial charge on any atom is 0.267 e. The molecule has 2 heterocycles. The van der Waals surface area contributed by atoms with Gasteiger partial charge in [0.05, 0.1) is 0 Å². The Labute approximate surface area is 131 Å². The predicted molar refractivity (Wildman–Crippen MR) is 89.0 cm³/mol. The Bertz CT molecular complexity index is 484. The molecule has 2 rings (SSSR count). The largest absolute Gasteiger partial charge is 0.382 e. The van der Waals surface area contributed by atoms with Crippen LogP contribution in [0.25, 0.3) is 0 Å². The number of carbonyl (C=O) groups is 1. The number of nitrogens with two attached hydrogens (primary N) is 1. The van der Waals surface area contributed by atoms with Gasteiger partial charge in [0.2, 0.25) is 0 Å². The Morgan fingerprint density at radius 2 is 2.14 bits per heavy atom. The van der Waals surface area contributed by atoms with Crippen molar-refractivity contribution < 1.29 is 4.79 Å². The molecule has 0 aromatic carbocycles. The molecule has 5 nitrogen and oxygen atoms in total. The van der Waals surface area contributed by atoms with Crippen LogP contribution in [-0.4, -0.2) is 42.0 Å². The Hall–Kier alpha value is -1.30. The third-order valence-corrected chi connectivity index (χ3v) is 5.37. The first-order valence-electron chi connectivity index (χ1n) is 7.91. The first-order valence-corrected chi connectivity index (χ1v) is 8.72. The molecule has 6 heteroatoms. The summed E-state index contributed by atoms with van der Waals surface area (Å²) in [6.07, 6.45) is 3.45. The molecule has 0 saturated carbocycles. The molecule has 1 fully saturated rings. The maximum absolute atomic E-state index is 12.7. The number of nitrogen functional groups attached to an aromatic ring is 1. The second-order valence-electron chi connectivity index (χ2n) is 5.55. The van der Waals surface area contributed by atoms with E-state index in [0.29, 0.717) is 16.6 Å². The number of amides is 1. The highest BCUT2D eigenvalue weighted by molar-refractivity contribution is 7.18. The lowest BCUT2D eigenvalue weighted by molar-refractivity contribution is 0.0677. The second-order valence-corrected chi connectivity index (χ2v) is 6.53. The summed E-state index contributed by atoms with van der Waals surface area (Å²) in [5.41, 5.74) is 5.99. The lowest BCUT2D eigenvalue weighted by atomic mass is 9.95. The summed E-state index contributed by atoms with van der Waals surface area (Å²) in [4.78, 5) is 21.8. The quantitative estimate of drug-likeness (QED) is 0.908. The summed E-state index contributed by atoms with van der Waals surface area (Å²) in [6.45, 7) is 9.80. The minimum Gasteiger partial charge on any atom is -0.382 e. The van der Waals surface area contributed by atoms with Crippen molar-refractivity contribution in [3.05, 3.63) is 4.88 Å². The zero-order valence-corrected chi connectivity index (χ0v) is 14.1. The van der Waals surface area contributed by atoms with E-state index in [0.717, 1.165) is 44.2 Å². The molecule has 21 heavy (non-hydrogen) atoms. The van der Waals surface area contributed by atoms with Crippen LogP contribution in [0, 0.1) is 5.92 Å². The van der Waals surface area contributed by atoms with Crippen LogP contribution < -0.4 is 10.6 Å². The van der Waals surface area contributed by atoms with Crippen LogP contribution in [0.3, 0.4) is 0 Å². The molecule has 0 radical (unpaired) electrons. The molecule has 118 valence electrons. The average molecular weight is 310 g/mol. The van der Waals surface area contributed by atoms with Crippen LogP contribution in [0.5, 0.6) is 0 Å². The van der Waals surface area contributed by atoms with Gasteiger partial charge >= 0.3 is 0 Å². The minimum atomic E-state index is 0.0570. The van der Waals surface area contributed by atoms with Gasteiger partial charge in [-0.15, -0.1) is 0 Å². The number of carbonyl (C=O) groups excluding carboxylic acids is 1. The number of anilines is 2. The van der Waals surface area contributed by atoms with Crippen LogP contribution in [0.2, 0.25) is 0 Å². The molecule has 1 saturated heterocycles. The van der Waals surface area contributed by atoms with Gasteiger partial charge in [0.25, 0.3) is 5.91 Å². The van der Waals surface area contributed by atoms with E-state index in [2.05, 4.69) is 30.7 Å². The van der Waals surface area contributed by atoms with Crippen molar-refractivity contribution in [1.82, 2.24) is 9.88 Å². The third-order valence-electron chi connectivity index (χ3n) is 4.25. The first-order chi connectivity index (χ1) is 10.1. The molecule has 0 spiro atoms. The Morgan fingerprint density at radius 3 is 2.76 bits per heavy atom. The number of aromatic nitrogens is 1. The summed E-state index contributed by atoms with van der Waals surface area (Å²) in [7, 11) is 0. The second kappa shape index (κ2) is 7.11. The average Bonchev–Trinajstić information content (AvgIpc) is 2.89. The summed E-state index contributed by atoms with van der Waals surface area (Å²) in [6, 6.07) is 0. The van der Waals surface area contributed by atoms with Crippen molar-refractivity contribution in [3.63, 3.8) is 0 Å². The van der Waals surface area contributed by atoms with Gasteiger partial charge in [0, 0.05) is 26.2 Å². The highest BCUT2D eigenvalue weighted by atomic mass is 32.1. The minimum absolute atomic E-state index is 0.0570. The maximum atomic E-state index is 12.7. The van der Waals surface area contributed by atoms with E-state index in [1.165, 1.54) is 17.8 Å². The molecule has 1 aliphatic heterocycles. The number of hydrogen-bond donors (Lipinski definition) is 1. The number of hydrogen-bond acceptors (Lipinski definition) is 5. The highest BCUT2D eigenvalue weighted by Crippen LogP contribution is 2.30. The lowest BCUT2D eigenvalue weighted by Gasteiger charge is -2.32. The molecule has 0 bridgehead atoms. The van der Waals surface area contributed by atoms with Crippen molar-refractivity contribution in [3.8, 4) is 0 Å². The summed E-state index contributed by atoms with van der Waals surface area (Å²) in [5.74, 6) is 1.06.